The van der Waals surface area contributed by atoms with Crippen LogP contribution < -0.4 is 4.74 Å². The first kappa shape index (κ1) is 24.7. The van der Waals surface area contributed by atoms with Gasteiger partial charge in [0.05, 0.1) is 9.79 Å². The van der Waals surface area contributed by atoms with Crippen molar-refractivity contribution in [1.29, 1.82) is 0 Å². The number of unbranched alkanes of at least 4 members (excludes halogenated alkanes) is 7. The molecule has 0 bridgehead atoms. The van der Waals surface area contributed by atoms with Gasteiger partial charge in [0.25, 0.3) is 0 Å². The van der Waals surface area contributed by atoms with Crippen molar-refractivity contribution in [1.82, 2.24) is 0 Å². The van der Waals surface area contributed by atoms with Gasteiger partial charge in [0, 0.05) is 0 Å². The van der Waals surface area contributed by atoms with Crippen LogP contribution in [0.1, 0.15) is 64.7 Å². The molecule has 2 N–H and O–H groups in total. The van der Waals surface area contributed by atoms with Gasteiger partial charge in [0.2, 0.25) is 9.84 Å². The fourth-order valence-electron chi connectivity index (χ4n) is 3.32. The summed E-state index contributed by atoms with van der Waals surface area (Å²) in [6.45, 7) is 2.19. The first-order chi connectivity index (χ1) is 14.8. The van der Waals surface area contributed by atoms with Gasteiger partial charge in [-0.3, -0.25) is 0 Å². The van der Waals surface area contributed by atoms with Crippen molar-refractivity contribution in [2.45, 2.75) is 80.6 Å². The Hall–Kier alpha value is -2.54. The molecule has 0 heterocycles. The molecule has 0 fully saturated rings. The number of carboxylic acids is 1. The number of ether oxygens (including phenoxy) is 1. The number of phenolic OH excluding ortho intramolecular Hbond substituents is 1. The van der Waals surface area contributed by atoms with Gasteiger partial charge in [0.1, 0.15) is 11.5 Å². The number of aromatic hydroxyl groups is 1. The van der Waals surface area contributed by atoms with Gasteiger partial charge in [-0.2, -0.15) is 0 Å². The molecule has 0 aliphatic rings. The summed E-state index contributed by atoms with van der Waals surface area (Å²) in [5, 5.41) is 18.8. The minimum Gasteiger partial charge on any atom is -0.508 e. The Bertz CT molecular complexity index is 904. The molecule has 31 heavy (non-hydrogen) atoms. The summed E-state index contributed by atoms with van der Waals surface area (Å²) in [6.07, 6.45) is 8.46. The summed E-state index contributed by atoms with van der Waals surface area (Å²) in [4.78, 5) is 11.7. The molecule has 0 saturated heterocycles. The van der Waals surface area contributed by atoms with Crippen LogP contribution in [0.15, 0.2) is 58.3 Å². The predicted molar refractivity (Wildman–Crippen MR) is 119 cm³/mol. The third-order valence-electron chi connectivity index (χ3n) is 5.15. The molecule has 0 aromatic heterocycles. The molecule has 0 saturated carbocycles. The first-order valence-corrected chi connectivity index (χ1v) is 12.4. The van der Waals surface area contributed by atoms with E-state index in [0.717, 1.165) is 19.3 Å². The van der Waals surface area contributed by atoms with Crippen LogP contribution in [0.4, 0.5) is 0 Å². The normalized spacial score (nSPS) is 12.4. The molecule has 1 unspecified atom stereocenters. The van der Waals surface area contributed by atoms with Gasteiger partial charge in [-0.25, -0.2) is 13.2 Å². The Kier molecular flexibility index (Phi) is 9.85. The van der Waals surface area contributed by atoms with Gasteiger partial charge in [-0.15, -0.1) is 0 Å². The number of rotatable bonds is 14. The number of phenols is 1. The lowest BCUT2D eigenvalue weighted by molar-refractivity contribution is -0.145. The molecule has 0 amide bonds. The first-order valence-electron chi connectivity index (χ1n) is 10.9. The fraction of sp³-hybridized carbons (Fsp3) is 0.458. The summed E-state index contributed by atoms with van der Waals surface area (Å²) >= 11 is 0. The molecule has 2 rings (SSSR count). The zero-order valence-electron chi connectivity index (χ0n) is 18.0. The van der Waals surface area contributed by atoms with E-state index >= 15 is 0 Å². The van der Waals surface area contributed by atoms with Crippen molar-refractivity contribution >= 4 is 15.8 Å². The minimum atomic E-state index is -3.73. The number of aliphatic carboxylic acids is 1. The van der Waals surface area contributed by atoms with Crippen LogP contribution in [0.2, 0.25) is 0 Å². The molecule has 0 aliphatic heterocycles. The number of benzene rings is 2. The van der Waals surface area contributed by atoms with Gasteiger partial charge >= 0.3 is 5.97 Å². The van der Waals surface area contributed by atoms with Crippen molar-refractivity contribution in [3.63, 3.8) is 0 Å². The lowest BCUT2D eigenvalue weighted by Gasteiger charge is -2.15. The standard InChI is InChI=1S/C24H32O6S/c1-2-3-4-5-6-7-8-9-10-23(24(26)27)30-20-13-17-22(18-14-20)31(28,29)21-15-11-19(25)12-16-21/h11-18,23,25H,2-10H2,1H3,(H,26,27). The largest absolute Gasteiger partial charge is 0.508 e. The van der Waals surface area contributed by atoms with Crippen LogP contribution in [-0.4, -0.2) is 30.7 Å². The van der Waals surface area contributed by atoms with Crippen molar-refractivity contribution in [3.8, 4) is 11.5 Å². The molecule has 170 valence electrons. The van der Waals surface area contributed by atoms with Crippen LogP contribution in [0.3, 0.4) is 0 Å². The summed E-state index contributed by atoms with van der Waals surface area (Å²) in [5.74, 6) is -0.723. The van der Waals surface area contributed by atoms with E-state index in [-0.39, 0.29) is 15.5 Å². The second-order valence-corrected chi connectivity index (χ2v) is 9.63. The molecule has 1 atom stereocenters. The van der Waals surface area contributed by atoms with Crippen molar-refractivity contribution < 1.29 is 28.2 Å². The Balaban J connectivity index is 1.89. The Morgan fingerprint density at radius 2 is 1.32 bits per heavy atom. The van der Waals surface area contributed by atoms with E-state index in [0.29, 0.717) is 12.2 Å². The van der Waals surface area contributed by atoms with Crippen LogP contribution in [-0.2, 0) is 14.6 Å². The van der Waals surface area contributed by atoms with Gasteiger partial charge in [-0.1, -0.05) is 51.9 Å². The van der Waals surface area contributed by atoms with Crippen LogP contribution >= 0.6 is 0 Å². The average Bonchev–Trinajstić information content (AvgIpc) is 2.75. The lowest BCUT2D eigenvalue weighted by Crippen LogP contribution is -2.26. The van der Waals surface area contributed by atoms with Crippen LogP contribution in [0, 0.1) is 0 Å². The molecule has 7 heteroatoms. The SMILES string of the molecule is CCCCCCCCCCC(Oc1ccc(S(=O)(=O)c2ccc(O)cc2)cc1)C(=O)O. The Labute approximate surface area is 184 Å². The van der Waals surface area contributed by atoms with E-state index in [1.165, 1.54) is 80.6 Å². The topological polar surface area (TPSA) is 101 Å². The van der Waals surface area contributed by atoms with Gasteiger partial charge in [0.15, 0.2) is 6.10 Å². The van der Waals surface area contributed by atoms with E-state index < -0.39 is 21.9 Å². The number of carbonyl (C=O) groups is 1. The molecule has 0 radical (unpaired) electrons. The Morgan fingerprint density at radius 3 is 1.84 bits per heavy atom. The zero-order chi connectivity index (χ0) is 22.7. The maximum Gasteiger partial charge on any atom is 0.344 e. The molecule has 0 spiro atoms. The molecular weight excluding hydrogens is 416 g/mol. The second-order valence-electron chi connectivity index (χ2n) is 7.68. The number of hydrogen-bond acceptors (Lipinski definition) is 5. The van der Waals surface area contributed by atoms with Crippen LogP contribution in [0.5, 0.6) is 11.5 Å². The van der Waals surface area contributed by atoms with E-state index in [4.69, 9.17) is 4.74 Å². The highest BCUT2D eigenvalue weighted by Crippen LogP contribution is 2.25. The maximum atomic E-state index is 12.7. The summed E-state index contributed by atoms with van der Waals surface area (Å²) < 4.78 is 30.9. The summed E-state index contributed by atoms with van der Waals surface area (Å²) in [5.41, 5.74) is 0. The smallest absolute Gasteiger partial charge is 0.344 e. The molecule has 2 aromatic carbocycles. The third kappa shape index (κ3) is 7.90. The molecule has 0 aliphatic carbocycles. The number of carboxylic acid groups (broad SMARTS) is 1. The summed E-state index contributed by atoms with van der Waals surface area (Å²) in [7, 11) is -3.73. The third-order valence-corrected chi connectivity index (χ3v) is 6.94. The van der Waals surface area contributed by atoms with Gasteiger partial charge < -0.3 is 14.9 Å². The molecule has 6 nitrogen and oxygen atoms in total. The maximum absolute atomic E-state index is 12.7. The number of hydrogen-bond donors (Lipinski definition) is 2. The van der Waals surface area contributed by atoms with E-state index in [1.54, 1.807) is 0 Å². The van der Waals surface area contributed by atoms with Crippen molar-refractivity contribution in [3.05, 3.63) is 48.5 Å². The highest BCUT2D eigenvalue weighted by atomic mass is 32.2. The van der Waals surface area contributed by atoms with Gasteiger partial charge in [-0.05, 0) is 61.4 Å². The molecule has 2 aromatic rings. The monoisotopic (exact) mass is 448 g/mol. The molecular formula is C24H32O6S. The van der Waals surface area contributed by atoms with Crippen LogP contribution in [0.25, 0.3) is 0 Å². The summed E-state index contributed by atoms with van der Waals surface area (Å²) in [6, 6.07) is 11.0. The fourth-order valence-corrected chi connectivity index (χ4v) is 4.58. The van der Waals surface area contributed by atoms with Crippen molar-refractivity contribution in [2.24, 2.45) is 0 Å². The van der Waals surface area contributed by atoms with E-state index in [9.17, 15) is 23.4 Å². The quantitative estimate of drug-likeness (QED) is 0.366. The highest BCUT2D eigenvalue weighted by molar-refractivity contribution is 7.91. The highest BCUT2D eigenvalue weighted by Gasteiger charge is 2.21. The second kappa shape index (κ2) is 12.3. The Morgan fingerprint density at radius 1 is 0.839 bits per heavy atom. The van der Waals surface area contributed by atoms with E-state index in [1.807, 2.05) is 0 Å². The lowest BCUT2D eigenvalue weighted by atomic mass is 10.1. The van der Waals surface area contributed by atoms with Crippen molar-refractivity contribution in [2.75, 3.05) is 0 Å². The van der Waals surface area contributed by atoms with E-state index in [2.05, 4.69) is 6.92 Å². The minimum absolute atomic E-state index is 0.0149. The average molecular weight is 449 g/mol. The predicted octanol–water partition coefficient (Wildman–Crippen LogP) is 5.59. The zero-order valence-corrected chi connectivity index (χ0v) is 18.8. The number of sulfone groups is 1.